The standard InChI is InChI=1S/C11H10Cl2N4OS2/c1-5(20-11-17-15-4-19-11)10(18)16-6-2-7(12)9(14)8(13)3-6/h2-5H,14H2,1H3,(H,16,18)/t5-/m1/s1. The fourth-order valence-electron chi connectivity index (χ4n) is 1.32. The molecule has 106 valence electrons. The Labute approximate surface area is 133 Å². The van der Waals surface area contributed by atoms with Gasteiger partial charge in [-0.2, -0.15) is 0 Å². The average molecular weight is 349 g/mol. The molecule has 0 saturated carbocycles. The van der Waals surface area contributed by atoms with Crippen molar-refractivity contribution in [3.8, 4) is 0 Å². The van der Waals surface area contributed by atoms with Crippen LogP contribution in [0.3, 0.4) is 0 Å². The Bertz CT molecular complexity index is 598. The Morgan fingerprint density at radius 2 is 2.10 bits per heavy atom. The molecule has 1 heterocycles. The van der Waals surface area contributed by atoms with Crippen molar-refractivity contribution in [2.75, 3.05) is 11.1 Å². The van der Waals surface area contributed by atoms with Gasteiger partial charge in [-0.25, -0.2) is 0 Å². The number of rotatable bonds is 4. The van der Waals surface area contributed by atoms with E-state index in [1.165, 1.54) is 23.1 Å². The monoisotopic (exact) mass is 348 g/mol. The summed E-state index contributed by atoms with van der Waals surface area (Å²) in [4.78, 5) is 12.1. The molecule has 9 heteroatoms. The van der Waals surface area contributed by atoms with Gasteiger partial charge in [-0.1, -0.05) is 46.3 Å². The van der Waals surface area contributed by atoms with Crippen LogP contribution in [0.15, 0.2) is 22.0 Å². The largest absolute Gasteiger partial charge is 0.396 e. The molecule has 0 aliphatic heterocycles. The normalized spacial score (nSPS) is 12.2. The molecule has 20 heavy (non-hydrogen) atoms. The van der Waals surface area contributed by atoms with Crippen LogP contribution in [0.2, 0.25) is 10.0 Å². The van der Waals surface area contributed by atoms with E-state index in [1.54, 1.807) is 24.6 Å². The molecule has 0 bridgehead atoms. The highest BCUT2D eigenvalue weighted by atomic mass is 35.5. The van der Waals surface area contributed by atoms with Crippen molar-refractivity contribution in [3.63, 3.8) is 0 Å². The van der Waals surface area contributed by atoms with Crippen LogP contribution in [-0.4, -0.2) is 21.4 Å². The number of nitrogen functional groups attached to an aromatic ring is 1. The highest BCUT2D eigenvalue weighted by molar-refractivity contribution is 8.02. The van der Waals surface area contributed by atoms with Crippen LogP contribution in [0.5, 0.6) is 0 Å². The molecule has 5 nitrogen and oxygen atoms in total. The minimum absolute atomic E-state index is 0.179. The number of anilines is 2. The number of aromatic nitrogens is 2. The number of nitrogens with one attached hydrogen (secondary N) is 1. The maximum Gasteiger partial charge on any atom is 0.237 e. The molecule has 2 rings (SSSR count). The van der Waals surface area contributed by atoms with Crippen molar-refractivity contribution in [2.45, 2.75) is 16.5 Å². The Morgan fingerprint density at radius 3 is 2.65 bits per heavy atom. The molecular weight excluding hydrogens is 339 g/mol. The van der Waals surface area contributed by atoms with Gasteiger partial charge >= 0.3 is 0 Å². The minimum atomic E-state index is -0.321. The van der Waals surface area contributed by atoms with Crippen LogP contribution >= 0.6 is 46.3 Å². The Balaban J connectivity index is 2.04. The van der Waals surface area contributed by atoms with E-state index in [4.69, 9.17) is 28.9 Å². The molecule has 0 radical (unpaired) electrons. The first-order chi connectivity index (χ1) is 9.47. The Kier molecular flexibility index (Phi) is 5.09. The summed E-state index contributed by atoms with van der Waals surface area (Å²) in [6.07, 6.45) is 0. The lowest BCUT2D eigenvalue weighted by Crippen LogP contribution is -2.22. The van der Waals surface area contributed by atoms with E-state index < -0.39 is 0 Å². The molecule has 0 aliphatic rings. The SMILES string of the molecule is C[C@@H](Sc1nncs1)C(=O)Nc1cc(Cl)c(N)c(Cl)c1. The van der Waals surface area contributed by atoms with Crippen molar-refractivity contribution in [2.24, 2.45) is 0 Å². The van der Waals surface area contributed by atoms with Gasteiger partial charge in [0.2, 0.25) is 5.91 Å². The van der Waals surface area contributed by atoms with Crippen molar-refractivity contribution in [3.05, 3.63) is 27.7 Å². The zero-order chi connectivity index (χ0) is 14.7. The maximum atomic E-state index is 12.1. The predicted molar refractivity (Wildman–Crippen MR) is 84.7 cm³/mol. The van der Waals surface area contributed by atoms with Crippen molar-refractivity contribution >= 4 is 63.6 Å². The molecule has 1 atom stereocenters. The summed E-state index contributed by atoms with van der Waals surface area (Å²) >= 11 is 14.5. The van der Waals surface area contributed by atoms with E-state index in [2.05, 4.69) is 15.5 Å². The fourth-order valence-corrected chi connectivity index (χ4v) is 3.43. The topological polar surface area (TPSA) is 80.9 Å². The molecule has 0 spiro atoms. The highest BCUT2D eigenvalue weighted by Gasteiger charge is 2.17. The molecule has 0 aliphatic carbocycles. The highest BCUT2D eigenvalue weighted by Crippen LogP contribution is 2.32. The number of nitrogens with zero attached hydrogens (tertiary/aromatic N) is 2. The van der Waals surface area contributed by atoms with Gasteiger partial charge in [0.15, 0.2) is 4.34 Å². The molecule has 0 fully saturated rings. The quantitative estimate of drug-likeness (QED) is 0.652. The third-order valence-corrected chi connectivity index (χ3v) is 4.87. The second-order valence-electron chi connectivity index (χ2n) is 3.81. The van der Waals surface area contributed by atoms with Crippen molar-refractivity contribution < 1.29 is 4.79 Å². The van der Waals surface area contributed by atoms with Crippen LogP contribution in [0, 0.1) is 0 Å². The first-order valence-corrected chi connectivity index (χ1v) is 7.97. The zero-order valence-electron chi connectivity index (χ0n) is 10.3. The van der Waals surface area contributed by atoms with Crippen molar-refractivity contribution in [1.82, 2.24) is 10.2 Å². The van der Waals surface area contributed by atoms with E-state index >= 15 is 0 Å². The van der Waals surface area contributed by atoms with E-state index in [-0.39, 0.29) is 11.2 Å². The fraction of sp³-hybridized carbons (Fsp3) is 0.182. The Morgan fingerprint density at radius 1 is 1.45 bits per heavy atom. The molecule has 1 aromatic heterocycles. The first kappa shape index (κ1) is 15.4. The number of hydrogen-bond acceptors (Lipinski definition) is 6. The number of thioether (sulfide) groups is 1. The number of nitrogens with two attached hydrogens (primary N) is 1. The predicted octanol–water partition coefficient (Wildman–Crippen LogP) is 3.55. The second kappa shape index (κ2) is 6.62. The van der Waals surface area contributed by atoms with Crippen LogP contribution in [0.25, 0.3) is 0 Å². The van der Waals surface area contributed by atoms with Crippen molar-refractivity contribution in [1.29, 1.82) is 0 Å². The van der Waals surface area contributed by atoms with Crippen LogP contribution in [-0.2, 0) is 4.79 Å². The number of hydrogen-bond donors (Lipinski definition) is 2. The molecule has 1 amide bonds. The lowest BCUT2D eigenvalue weighted by atomic mass is 10.2. The molecule has 0 unspecified atom stereocenters. The molecule has 2 aromatic rings. The van der Waals surface area contributed by atoms with E-state index in [1.807, 2.05) is 0 Å². The van der Waals surface area contributed by atoms with Crippen LogP contribution < -0.4 is 11.1 Å². The lowest BCUT2D eigenvalue weighted by Gasteiger charge is -2.11. The minimum Gasteiger partial charge on any atom is -0.396 e. The molecule has 3 N–H and O–H groups in total. The summed E-state index contributed by atoms with van der Waals surface area (Å²) in [5.74, 6) is -0.179. The summed E-state index contributed by atoms with van der Waals surface area (Å²) < 4.78 is 0.737. The van der Waals surface area contributed by atoms with Gasteiger partial charge in [0.25, 0.3) is 0 Å². The smallest absolute Gasteiger partial charge is 0.237 e. The molecule has 1 aromatic carbocycles. The molecular formula is C11H10Cl2N4OS2. The van der Waals surface area contributed by atoms with Gasteiger partial charge in [0.05, 0.1) is 21.0 Å². The number of benzene rings is 1. The number of amides is 1. The third kappa shape index (κ3) is 3.76. The van der Waals surface area contributed by atoms with Gasteiger partial charge in [0, 0.05) is 5.69 Å². The van der Waals surface area contributed by atoms with Crippen LogP contribution in [0.4, 0.5) is 11.4 Å². The van der Waals surface area contributed by atoms with E-state index in [0.29, 0.717) is 21.4 Å². The van der Waals surface area contributed by atoms with Crippen LogP contribution in [0.1, 0.15) is 6.92 Å². The summed E-state index contributed by atoms with van der Waals surface area (Å²) in [5, 5.41) is 10.6. The number of carbonyl (C=O) groups is 1. The summed E-state index contributed by atoms with van der Waals surface area (Å²) in [6.45, 7) is 1.78. The maximum absolute atomic E-state index is 12.1. The lowest BCUT2D eigenvalue weighted by molar-refractivity contribution is -0.115. The van der Waals surface area contributed by atoms with E-state index in [0.717, 1.165) is 4.34 Å². The Hall–Kier alpha value is -1.02. The number of carbonyl (C=O) groups excluding carboxylic acids is 1. The van der Waals surface area contributed by atoms with Gasteiger partial charge in [0.1, 0.15) is 5.51 Å². The zero-order valence-corrected chi connectivity index (χ0v) is 13.4. The second-order valence-corrected chi connectivity index (χ2v) is 7.04. The van der Waals surface area contributed by atoms with Gasteiger partial charge in [-0.05, 0) is 19.1 Å². The third-order valence-electron chi connectivity index (χ3n) is 2.33. The summed E-state index contributed by atoms with van der Waals surface area (Å²) in [7, 11) is 0. The first-order valence-electron chi connectivity index (χ1n) is 5.45. The average Bonchev–Trinajstić information content (AvgIpc) is 2.88. The van der Waals surface area contributed by atoms with Gasteiger partial charge in [-0.15, -0.1) is 10.2 Å². The summed E-state index contributed by atoms with van der Waals surface area (Å²) in [6, 6.07) is 3.12. The summed E-state index contributed by atoms with van der Waals surface area (Å²) in [5.41, 5.74) is 8.05. The van der Waals surface area contributed by atoms with Gasteiger partial charge < -0.3 is 11.1 Å². The molecule has 0 saturated heterocycles. The van der Waals surface area contributed by atoms with E-state index in [9.17, 15) is 4.79 Å². The number of halogens is 2. The van der Waals surface area contributed by atoms with Gasteiger partial charge in [-0.3, -0.25) is 4.79 Å².